The number of nitrogens with zero attached hydrogens (tertiary/aromatic N) is 6. The summed E-state index contributed by atoms with van der Waals surface area (Å²) in [5, 5.41) is 11.7. The second-order valence-corrected chi connectivity index (χ2v) is 7.91. The maximum absolute atomic E-state index is 4.84. The highest BCUT2D eigenvalue weighted by atomic mass is 15.2. The third kappa shape index (κ3) is 3.57. The van der Waals surface area contributed by atoms with Crippen molar-refractivity contribution >= 4 is 22.2 Å². The van der Waals surface area contributed by atoms with Gasteiger partial charge in [-0.3, -0.25) is 15.1 Å². The van der Waals surface area contributed by atoms with Crippen LogP contribution in [0.3, 0.4) is 0 Å². The molecule has 6 rings (SSSR count). The summed E-state index contributed by atoms with van der Waals surface area (Å²) in [5.41, 5.74) is 7.64. The van der Waals surface area contributed by atoms with Crippen LogP contribution in [0, 0.1) is 0 Å². The maximum Gasteiger partial charge on any atom is 0.161 e. The number of fused-ring (bicyclic) bond motifs is 2. The highest BCUT2D eigenvalue weighted by Crippen LogP contribution is 2.31. The molecule has 6 aromatic rings. The third-order valence-electron chi connectivity index (χ3n) is 5.67. The van der Waals surface area contributed by atoms with Crippen LogP contribution in [0.5, 0.6) is 0 Å². The number of hydrogen-bond acceptors (Lipinski definition) is 7. The molecule has 0 unspecified atom stereocenters. The van der Waals surface area contributed by atoms with Crippen LogP contribution in [0.1, 0.15) is 12.5 Å². The molecule has 0 fully saturated rings. The van der Waals surface area contributed by atoms with Crippen molar-refractivity contribution < 1.29 is 0 Å². The van der Waals surface area contributed by atoms with Crippen molar-refractivity contribution in [1.82, 2.24) is 45.4 Å². The van der Waals surface area contributed by atoms with Gasteiger partial charge in [-0.15, -0.1) is 0 Å². The van der Waals surface area contributed by atoms with Crippen LogP contribution in [0.15, 0.2) is 67.4 Å². The zero-order valence-electron chi connectivity index (χ0n) is 18.4. The summed E-state index contributed by atoms with van der Waals surface area (Å²) >= 11 is 0. The van der Waals surface area contributed by atoms with Crippen LogP contribution in [0.4, 0.5) is 0 Å². The average molecular weight is 448 g/mol. The Morgan fingerprint density at radius 2 is 1.85 bits per heavy atom. The van der Waals surface area contributed by atoms with Crippen LogP contribution in [0.25, 0.3) is 56.1 Å². The fraction of sp³-hybridized carbons (Fsp3) is 0.120. The van der Waals surface area contributed by atoms with Crippen molar-refractivity contribution in [2.75, 3.05) is 6.54 Å². The van der Waals surface area contributed by atoms with Crippen molar-refractivity contribution in [2.45, 2.75) is 13.5 Å². The maximum atomic E-state index is 4.84. The minimum absolute atomic E-state index is 0.620. The van der Waals surface area contributed by atoms with Gasteiger partial charge in [-0.25, -0.2) is 15.0 Å². The molecule has 3 N–H and O–H groups in total. The van der Waals surface area contributed by atoms with E-state index in [2.05, 4.69) is 59.5 Å². The molecule has 6 aromatic heterocycles. The first-order valence-electron chi connectivity index (χ1n) is 11.1. The van der Waals surface area contributed by atoms with Gasteiger partial charge in [0.25, 0.3) is 0 Å². The fourth-order valence-electron chi connectivity index (χ4n) is 4.00. The standard InChI is InChI=1S/C25H21N9/c1-2-26-11-15-9-16(13-27-12-15)17-10-19-22(33-34-23(19)30-14-17)25-31-21-18(6-8-29-24(21)32-25)20-5-3-4-7-28-20/h3-10,12-14,26H,2,11H2,1H3,(H,29,31,32)(H,30,33,34). The molecular weight excluding hydrogens is 426 g/mol. The number of pyridine rings is 4. The minimum atomic E-state index is 0.620. The zero-order valence-corrected chi connectivity index (χ0v) is 18.4. The predicted molar refractivity (Wildman–Crippen MR) is 131 cm³/mol. The Kier molecular flexibility index (Phi) is 5.00. The van der Waals surface area contributed by atoms with Crippen LogP contribution in [-0.2, 0) is 6.54 Å². The van der Waals surface area contributed by atoms with Gasteiger partial charge in [0.05, 0.1) is 11.1 Å². The molecule has 0 radical (unpaired) electrons. The molecule has 0 atom stereocenters. The fourth-order valence-corrected chi connectivity index (χ4v) is 4.00. The Labute approximate surface area is 194 Å². The van der Waals surface area contributed by atoms with Crippen molar-refractivity contribution in [3.63, 3.8) is 0 Å². The molecule has 166 valence electrons. The highest BCUT2D eigenvalue weighted by molar-refractivity contribution is 5.95. The van der Waals surface area contributed by atoms with Gasteiger partial charge in [0, 0.05) is 54.2 Å². The quantitative estimate of drug-likeness (QED) is 0.351. The van der Waals surface area contributed by atoms with Crippen molar-refractivity contribution in [1.29, 1.82) is 0 Å². The van der Waals surface area contributed by atoms with E-state index < -0.39 is 0 Å². The molecule has 0 aliphatic carbocycles. The molecule has 0 aliphatic rings. The van der Waals surface area contributed by atoms with E-state index in [0.717, 1.165) is 51.9 Å². The van der Waals surface area contributed by atoms with Crippen molar-refractivity contribution in [3.8, 4) is 33.9 Å². The second-order valence-electron chi connectivity index (χ2n) is 7.91. The van der Waals surface area contributed by atoms with Crippen LogP contribution >= 0.6 is 0 Å². The Balaban J connectivity index is 1.44. The SMILES string of the molecule is CCNCc1cncc(-c2cnc3[nH]nc(-c4nc5c(-c6ccccn6)ccnc5[nH]4)c3c2)c1. The predicted octanol–water partition coefficient (Wildman–Crippen LogP) is 4.13. The van der Waals surface area contributed by atoms with Crippen LogP contribution in [0.2, 0.25) is 0 Å². The summed E-state index contributed by atoms with van der Waals surface area (Å²) in [6.45, 7) is 3.77. The molecule has 0 bridgehead atoms. The first kappa shape index (κ1) is 20.1. The lowest BCUT2D eigenvalue weighted by Crippen LogP contribution is -2.11. The lowest BCUT2D eigenvalue weighted by atomic mass is 10.1. The second kappa shape index (κ2) is 8.45. The van der Waals surface area contributed by atoms with Gasteiger partial charge in [0.1, 0.15) is 11.2 Å². The molecule has 0 spiro atoms. The summed E-state index contributed by atoms with van der Waals surface area (Å²) in [7, 11) is 0. The number of imidazole rings is 1. The molecule has 9 nitrogen and oxygen atoms in total. The van der Waals surface area contributed by atoms with Crippen molar-refractivity contribution in [2.24, 2.45) is 0 Å². The molecule has 6 heterocycles. The van der Waals surface area contributed by atoms with Crippen LogP contribution in [-0.4, -0.2) is 46.6 Å². The topological polar surface area (TPSA) is 121 Å². The normalized spacial score (nSPS) is 11.4. The highest BCUT2D eigenvalue weighted by Gasteiger charge is 2.17. The van der Waals surface area contributed by atoms with Gasteiger partial charge in [-0.2, -0.15) is 5.10 Å². The van der Waals surface area contributed by atoms with Gasteiger partial charge in [-0.05, 0) is 42.4 Å². The summed E-state index contributed by atoms with van der Waals surface area (Å²) in [6.07, 6.45) is 9.08. The summed E-state index contributed by atoms with van der Waals surface area (Å²) in [6, 6.07) is 11.9. The van der Waals surface area contributed by atoms with E-state index in [-0.39, 0.29) is 0 Å². The smallest absolute Gasteiger partial charge is 0.161 e. The van der Waals surface area contributed by atoms with Crippen LogP contribution < -0.4 is 5.32 Å². The van der Waals surface area contributed by atoms with Gasteiger partial charge in [0.15, 0.2) is 17.1 Å². The number of nitrogens with one attached hydrogen (secondary N) is 3. The summed E-state index contributed by atoms with van der Waals surface area (Å²) < 4.78 is 0. The number of aromatic nitrogens is 8. The average Bonchev–Trinajstić information content (AvgIpc) is 3.51. The summed E-state index contributed by atoms with van der Waals surface area (Å²) in [5.74, 6) is 0.620. The van der Waals surface area contributed by atoms with E-state index >= 15 is 0 Å². The first-order chi connectivity index (χ1) is 16.8. The third-order valence-corrected chi connectivity index (χ3v) is 5.67. The minimum Gasteiger partial charge on any atom is -0.321 e. The number of aromatic amines is 2. The Hall–Kier alpha value is -4.50. The zero-order chi connectivity index (χ0) is 22.9. The van der Waals surface area contributed by atoms with Gasteiger partial charge < -0.3 is 10.3 Å². The first-order valence-corrected chi connectivity index (χ1v) is 11.1. The molecule has 0 aliphatic heterocycles. The van der Waals surface area contributed by atoms with E-state index in [9.17, 15) is 0 Å². The molecule has 9 heteroatoms. The molecule has 0 amide bonds. The number of rotatable bonds is 6. The number of hydrogen-bond donors (Lipinski definition) is 3. The van der Waals surface area contributed by atoms with Gasteiger partial charge in [-0.1, -0.05) is 13.0 Å². The van der Waals surface area contributed by atoms with E-state index in [1.807, 2.05) is 42.9 Å². The monoisotopic (exact) mass is 447 g/mol. The molecule has 0 saturated carbocycles. The molecule has 0 saturated heterocycles. The Bertz CT molecular complexity index is 1600. The van der Waals surface area contributed by atoms with E-state index in [1.54, 1.807) is 12.4 Å². The molecular formula is C25H21N9. The van der Waals surface area contributed by atoms with E-state index in [4.69, 9.17) is 4.98 Å². The van der Waals surface area contributed by atoms with E-state index in [0.29, 0.717) is 22.8 Å². The molecule has 0 aromatic carbocycles. The Morgan fingerprint density at radius 3 is 2.74 bits per heavy atom. The van der Waals surface area contributed by atoms with Gasteiger partial charge in [0.2, 0.25) is 0 Å². The van der Waals surface area contributed by atoms with Crippen molar-refractivity contribution in [3.05, 3.63) is 72.9 Å². The molecule has 34 heavy (non-hydrogen) atoms. The van der Waals surface area contributed by atoms with E-state index in [1.165, 1.54) is 0 Å². The summed E-state index contributed by atoms with van der Waals surface area (Å²) in [4.78, 5) is 26.1. The van der Waals surface area contributed by atoms with Gasteiger partial charge >= 0.3 is 0 Å². The lowest BCUT2D eigenvalue weighted by Gasteiger charge is -2.05. The Morgan fingerprint density at radius 1 is 0.912 bits per heavy atom. The number of H-pyrrole nitrogens is 2. The largest absolute Gasteiger partial charge is 0.321 e. The lowest BCUT2D eigenvalue weighted by molar-refractivity contribution is 0.724.